The number of nitrogens with zero attached hydrogens (tertiary/aromatic N) is 3. The highest BCUT2D eigenvalue weighted by molar-refractivity contribution is 7.99. The highest BCUT2D eigenvalue weighted by atomic mass is 32.2. The minimum atomic E-state index is 0.216. The molecule has 0 amide bonds. The van der Waals surface area contributed by atoms with Crippen molar-refractivity contribution in [3.05, 3.63) is 41.2 Å². The van der Waals surface area contributed by atoms with E-state index in [1.54, 1.807) is 11.8 Å². The van der Waals surface area contributed by atoms with Crippen molar-refractivity contribution in [3.63, 3.8) is 0 Å². The summed E-state index contributed by atoms with van der Waals surface area (Å²) in [6.45, 7) is 4.61. The summed E-state index contributed by atoms with van der Waals surface area (Å²) in [4.78, 5) is 0. The van der Waals surface area contributed by atoms with Gasteiger partial charge in [0.25, 0.3) is 0 Å². The van der Waals surface area contributed by atoms with E-state index in [0.717, 1.165) is 11.0 Å². The molecule has 0 aliphatic rings. The van der Waals surface area contributed by atoms with E-state index in [9.17, 15) is 0 Å². The topological polar surface area (TPSA) is 56.7 Å². The van der Waals surface area contributed by atoms with Crippen LogP contribution in [0.3, 0.4) is 0 Å². The average molecular weight is 262 g/mol. The third-order valence-electron chi connectivity index (χ3n) is 2.96. The van der Waals surface area contributed by atoms with Gasteiger partial charge in [0, 0.05) is 18.8 Å². The number of thioether (sulfide) groups is 1. The molecule has 4 nitrogen and oxygen atoms in total. The number of rotatable bonds is 4. The summed E-state index contributed by atoms with van der Waals surface area (Å²) in [6, 6.07) is 8.48. The summed E-state index contributed by atoms with van der Waals surface area (Å²) in [5.41, 5.74) is 8.36. The average Bonchev–Trinajstić information content (AvgIpc) is 2.69. The quantitative estimate of drug-likeness (QED) is 0.858. The van der Waals surface area contributed by atoms with Crippen molar-refractivity contribution in [2.24, 2.45) is 12.8 Å². The van der Waals surface area contributed by atoms with Crippen molar-refractivity contribution in [1.82, 2.24) is 14.8 Å². The van der Waals surface area contributed by atoms with E-state index in [1.807, 2.05) is 18.5 Å². The Morgan fingerprint density at radius 3 is 2.39 bits per heavy atom. The van der Waals surface area contributed by atoms with Crippen LogP contribution in [0.4, 0.5) is 0 Å². The van der Waals surface area contributed by atoms with E-state index >= 15 is 0 Å². The Morgan fingerprint density at radius 1 is 1.22 bits per heavy atom. The van der Waals surface area contributed by atoms with Gasteiger partial charge in [-0.05, 0) is 19.4 Å². The molecule has 1 heterocycles. The molecule has 0 fully saturated rings. The van der Waals surface area contributed by atoms with Gasteiger partial charge in [-0.2, -0.15) is 0 Å². The fourth-order valence-electron chi connectivity index (χ4n) is 1.65. The molecule has 0 saturated carbocycles. The lowest BCUT2D eigenvalue weighted by molar-refractivity contribution is 0.760. The van der Waals surface area contributed by atoms with Crippen molar-refractivity contribution in [1.29, 1.82) is 0 Å². The summed E-state index contributed by atoms with van der Waals surface area (Å²) in [6.07, 6.45) is 0. The molecule has 0 aliphatic carbocycles. The molecule has 5 heteroatoms. The predicted octanol–water partition coefficient (Wildman–Crippen LogP) is 2.22. The van der Waals surface area contributed by atoms with Crippen LogP contribution in [0, 0.1) is 13.8 Å². The first-order valence-electron chi connectivity index (χ1n) is 5.91. The van der Waals surface area contributed by atoms with Crippen LogP contribution in [-0.4, -0.2) is 21.3 Å². The first-order chi connectivity index (χ1) is 8.61. The Bertz CT molecular complexity index is 518. The highest BCUT2D eigenvalue weighted by Gasteiger charge is 2.15. The van der Waals surface area contributed by atoms with Gasteiger partial charge in [0.2, 0.25) is 0 Å². The molecule has 1 aromatic carbocycles. The van der Waals surface area contributed by atoms with Gasteiger partial charge in [-0.1, -0.05) is 41.6 Å². The summed E-state index contributed by atoms with van der Waals surface area (Å²) in [5, 5.41) is 9.35. The molecule has 0 bridgehead atoms. The number of hydrogen-bond acceptors (Lipinski definition) is 4. The predicted molar refractivity (Wildman–Crippen MR) is 74.6 cm³/mol. The monoisotopic (exact) mass is 262 g/mol. The van der Waals surface area contributed by atoms with Gasteiger partial charge in [0.05, 0.1) is 0 Å². The molecule has 1 unspecified atom stereocenters. The molecule has 0 radical (unpaired) electrons. The van der Waals surface area contributed by atoms with Gasteiger partial charge in [-0.15, -0.1) is 10.2 Å². The van der Waals surface area contributed by atoms with E-state index < -0.39 is 0 Å². The maximum atomic E-state index is 5.87. The van der Waals surface area contributed by atoms with Gasteiger partial charge in [-0.25, -0.2) is 0 Å². The Labute approximate surface area is 112 Å². The number of aryl methyl sites for hydroxylation is 2. The third kappa shape index (κ3) is 2.73. The van der Waals surface area contributed by atoms with Crippen LogP contribution >= 0.6 is 11.8 Å². The molecule has 2 aromatic rings. The summed E-state index contributed by atoms with van der Waals surface area (Å²) >= 11 is 1.66. The molecule has 1 atom stereocenters. The lowest BCUT2D eigenvalue weighted by atomic mass is 10.1. The molecule has 1 aromatic heterocycles. The molecule has 0 spiro atoms. The smallest absolute Gasteiger partial charge is 0.191 e. The molecule has 18 heavy (non-hydrogen) atoms. The maximum Gasteiger partial charge on any atom is 0.191 e. The zero-order chi connectivity index (χ0) is 13.1. The molecular weight excluding hydrogens is 244 g/mol. The van der Waals surface area contributed by atoms with Gasteiger partial charge in [0.15, 0.2) is 5.16 Å². The van der Waals surface area contributed by atoms with Crippen LogP contribution in [0.2, 0.25) is 0 Å². The zero-order valence-electron chi connectivity index (χ0n) is 10.9. The summed E-state index contributed by atoms with van der Waals surface area (Å²) in [5.74, 6) is 0.914. The number of aromatic nitrogens is 3. The number of nitrogens with two attached hydrogens (primary N) is 1. The molecule has 2 rings (SSSR count). The largest absolute Gasteiger partial charge is 0.329 e. The SMILES string of the molecule is Cc1ccc(C(CN)Sc2nnc(C)n2C)cc1. The minimum Gasteiger partial charge on any atom is -0.329 e. The highest BCUT2D eigenvalue weighted by Crippen LogP contribution is 2.33. The van der Waals surface area contributed by atoms with Crippen molar-refractivity contribution in [3.8, 4) is 0 Å². The first-order valence-corrected chi connectivity index (χ1v) is 6.79. The molecule has 96 valence electrons. The van der Waals surface area contributed by atoms with E-state index in [0.29, 0.717) is 6.54 Å². The van der Waals surface area contributed by atoms with Crippen LogP contribution < -0.4 is 5.73 Å². The summed E-state index contributed by atoms with van der Waals surface area (Å²) in [7, 11) is 1.97. The standard InChI is InChI=1S/C13H18N4S/c1-9-4-6-11(7-5-9)12(8-14)18-13-16-15-10(2)17(13)3/h4-7,12H,8,14H2,1-3H3. The number of hydrogen-bond donors (Lipinski definition) is 1. The van der Waals surface area contributed by atoms with E-state index in [-0.39, 0.29) is 5.25 Å². The second kappa shape index (κ2) is 5.54. The van der Waals surface area contributed by atoms with Crippen molar-refractivity contribution in [2.45, 2.75) is 24.3 Å². The minimum absolute atomic E-state index is 0.216. The third-order valence-corrected chi connectivity index (χ3v) is 4.28. The lowest BCUT2D eigenvalue weighted by Gasteiger charge is -2.14. The number of benzene rings is 1. The van der Waals surface area contributed by atoms with Crippen molar-refractivity contribution >= 4 is 11.8 Å². The normalized spacial score (nSPS) is 12.7. The summed E-state index contributed by atoms with van der Waals surface area (Å²) < 4.78 is 1.99. The van der Waals surface area contributed by atoms with Crippen LogP contribution in [0.1, 0.15) is 22.2 Å². The Hall–Kier alpha value is -1.33. The fraction of sp³-hybridized carbons (Fsp3) is 0.385. The lowest BCUT2D eigenvalue weighted by Crippen LogP contribution is -2.10. The van der Waals surface area contributed by atoms with Gasteiger partial charge < -0.3 is 10.3 Å². The van der Waals surface area contributed by atoms with E-state index in [1.165, 1.54) is 11.1 Å². The van der Waals surface area contributed by atoms with Gasteiger partial charge >= 0.3 is 0 Å². The van der Waals surface area contributed by atoms with Crippen LogP contribution in [-0.2, 0) is 7.05 Å². The second-order valence-corrected chi connectivity index (χ2v) is 5.51. The molecular formula is C13H18N4S. The van der Waals surface area contributed by atoms with Crippen molar-refractivity contribution < 1.29 is 0 Å². The van der Waals surface area contributed by atoms with E-state index in [2.05, 4.69) is 41.4 Å². The fourth-order valence-corrected chi connectivity index (χ4v) is 2.67. The molecule has 0 aliphatic heterocycles. The van der Waals surface area contributed by atoms with Crippen molar-refractivity contribution in [2.75, 3.05) is 6.54 Å². The van der Waals surface area contributed by atoms with Crippen LogP contribution in [0.25, 0.3) is 0 Å². The zero-order valence-corrected chi connectivity index (χ0v) is 11.7. The Kier molecular flexibility index (Phi) is 4.04. The Morgan fingerprint density at radius 2 is 1.89 bits per heavy atom. The van der Waals surface area contributed by atoms with Gasteiger partial charge in [0.1, 0.15) is 5.82 Å². The van der Waals surface area contributed by atoms with Crippen LogP contribution in [0.5, 0.6) is 0 Å². The van der Waals surface area contributed by atoms with Gasteiger partial charge in [-0.3, -0.25) is 0 Å². The maximum absolute atomic E-state index is 5.87. The molecule has 0 saturated heterocycles. The second-order valence-electron chi connectivity index (χ2n) is 4.34. The van der Waals surface area contributed by atoms with E-state index in [4.69, 9.17) is 5.73 Å². The van der Waals surface area contributed by atoms with Crippen LogP contribution in [0.15, 0.2) is 29.4 Å². The first kappa shape index (κ1) is 13.1. The molecule has 2 N–H and O–H groups in total. The Balaban J connectivity index is 2.19.